The average Bonchev–Trinajstić information content (AvgIpc) is 2.92. The van der Waals surface area contributed by atoms with Gasteiger partial charge in [0.25, 0.3) is 0 Å². The predicted molar refractivity (Wildman–Crippen MR) is 109 cm³/mol. The van der Waals surface area contributed by atoms with E-state index in [1.165, 1.54) is 10.1 Å². The van der Waals surface area contributed by atoms with Gasteiger partial charge in [-0.25, -0.2) is 0 Å². The van der Waals surface area contributed by atoms with Crippen molar-refractivity contribution in [2.24, 2.45) is 0 Å². The number of benzene rings is 1. The minimum atomic E-state index is -0.403. The Labute approximate surface area is 169 Å². The molecule has 28 heavy (non-hydrogen) atoms. The lowest BCUT2D eigenvalue weighted by atomic mass is 10.1. The summed E-state index contributed by atoms with van der Waals surface area (Å²) in [4.78, 5) is 16.2. The summed E-state index contributed by atoms with van der Waals surface area (Å²) in [7, 11) is 0. The van der Waals surface area contributed by atoms with Crippen LogP contribution in [0.1, 0.15) is 23.7 Å². The molecule has 1 N–H and O–H groups in total. The monoisotopic (exact) mass is 397 g/mol. The van der Waals surface area contributed by atoms with E-state index in [9.17, 15) is 9.90 Å². The van der Waals surface area contributed by atoms with Gasteiger partial charge >= 0.3 is 5.97 Å². The number of carbonyl (C=O) groups excluding carboxylic acids is 1. The molecule has 6 nitrogen and oxygen atoms in total. The first kappa shape index (κ1) is 19.8. The van der Waals surface area contributed by atoms with Crippen molar-refractivity contribution < 1.29 is 14.6 Å². The maximum Gasteiger partial charge on any atom is 0.311 e. The lowest BCUT2D eigenvalue weighted by molar-refractivity contribution is -0.142. The molecule has 7 heteroatoms. The Balaban J connectivity index is 1.99. The molecule has 0 unspecified atom stereocenters. The number of imidazole rings is 1. The van der Waals surface area contributed by atoms with Crippen LogP contribution in [0.25, 0.3) is 5.69 Å². The fraction of sp³-hybridized carbons (Fsp3) is 0.286. The molecule has 0 bridgehead atoms. The number of ether oxygens (including phenoxy) is 1. The second-order valence-corrected chi connectivity index (χ2v) is 6.83. The van der Waals surface area contributed by atoms with E-state index in [1.807, 2.05) is 6.92 Å². The predicted octanol–water partition coefficient (Wildman–Crippen LogP) is 3.77. The molecule has 0 aliphatic rings. The third-order valence-electron chi connectivity index (χ3n) is 4.48. The molecule has 2 heterocycles. The van der Waals surface area contributed by atoms with Crippen LogP contribution in [-0.4, -0.2) is 31.8 Å². The van der Waals surface area contributed by atoms with E-state index >= 15 is 0 Å². The molecule has 3 rings (SSSR count). The Morgan fingerprint density at radius 2 is 2.00 bits per heavy atom. The summed E-state index contributed by atoms with van der Waals surface area (Å²) in [5.41, 5.74) is 3.44. The van der Waals surface area contributed by atoms with Gasteiger partial charge in [0, 0.05) is 12.7 Å². The molecule has 0 saturated heterocycles. The van der Waals surface area contributed by atoms with E-state index in [2.05, 4.69) is 29.2 Å². The summed E-state index contributed by atoms with van der Waals surface area (Å²) in [5, 5.41) is 10.8. The molecule has 2 aromatic heterocycles. The Morgan fingerprint density at radius 1 is 1.25 bits per heavy atom. The second kappa shape index (κ2) is 8.84. The van der Waals surface area contributed by atoms with Crippen molar-refractivity contribution in [1.29, 1.82) is 0 Å². The molecule has 1 aromatic carbocycles. The Hall–Kier alpha value is -2.93. The highest BCUT2D eigenvalue weighted by molar-refractivity contribution is 7.71. The van der Waals surface area contributed by atoms with Gasteiger partial charge in [-0.3, -0.25) is 14.3 Å². The first-order valence-electron chi connectivity index (χ1n) is 9.16. The van der Waals surface area contributed by atoms with Gasteiger partial charge in [-0.05, 0) is 50.2 Å². The summed E-state index contributed by atoms with van der Waals surface area (Å²) in [6.07, 6.45) is 3.94. The van der Waals surface area contributed by atoms with Crippen molar-refractivity contribution in [1.82, 2.24) is 14.1 Å². The van der Waals surface area contributed by atoms with Gasteiger partial charge < -0.3 is 14.4 Å². The van der Waals surface area contributed by atoms with E-state index < -0.39 is 5.97 Å². The summed E-state index contributed by atoms with van der Waals surface area (Å²) in [5.74, 6) is -0.463. The van der Waals surface area contributed by atoms with Crippen molar-refractivity contribution in [3.8, 4) is 11.6 Å². The number of esters is 1. The van der Waals surface area contributed by atoms with Crippen LogP contribution < -0.4 is 0 Å². The van der Waals surface area contributed by atoms with Crippen LogP contribution in [0, 0.1) is 11.7 Å². The maximum atomic E-state index is 12.1. The van der Waals surface area contributed by atoms with E-state index in [1.54, 1.807) is 36.0 Å². The molecule has 0 spiro atoms. The smallest absolute Gasteiger partial charge is 0.311 e. The molecule has 0 atom stereocenters. The maximum absolute atomic E-state index is 12.1. The lowest BCUT2D eigenvalue weighted by Crippen LogP contribution is -2.13. The van der Waals surface area contributed by atoms with Gasteiger partial charge in [0.15, 0.2) is 4.77 Å². The molecule has 0 aliphatic heterocycles. The molecule has 0 fully saturated rings. The fourth-order valence-electron chi connectivity index (χ4n) is 3.04. The van der Waals surface area contributed by atoms with Gasteiger partial charge in [-0.2, -0.15) is 0 Å². The van der Waals surface area contributed by atoms with Crippen LogP contribution in [-0.2, 0) is 28.9 Å². The zero-order valence-electron chi connectivity index (χ0n) is 16.0. The van der Waals surface area contributed by atoms with Crippen molar-refractivity contribution in [2.45, 2.75) is 33.2 Å². The third-order valence-corrected chi connectivity index (χ3v) is 4.89. The molecule has 3 aromatic rings. The Bertz CT molecular complexity index is 1010. The summed E-state index contributed by atoms with van der Waals surface area (Å²) < 4.78 is 8.82. The number of hydrogen-bond donors (Lipinski definition) is 1. The van der Waals surface area contributed by atoms with Gasteiger partial charge in [-0.1, -0.05) is 29.8 Å². The SMILES string of the molecule is CCOC(=O)Cc1c(O)n(-c2cccnc2)c(=S)n1CCc1ccc(C)cc1. The number of hydrogen-bond acceptors (Lipinski definition) is 5. The molecule has 146 valence electrons. The molecular formula is C21H23N3O3S. The minimum Gasteiger partial charge on any atom is -0.493 e. The highest BCUT2D eigenvalue weighted by Gasteiger charge is 2.21. The van der Waals surface area contributed by atoms with Crippen molar-refractivity contribution in [3.05, 3.63) is 70.4 Å². The number of pyridine rings is 1. The van der Waals surface area contributed by atoms with Gasteiger partial charge in [0.2, 0.25) is 5.88 Å². The van der Waals surface area contributed by atoms with Gasteiger partial charge in [0.05, 0.1) is 30.6 Å². The average molecular weight is 398 g/mol. The van der Waals surface area contributed by atoms with Crippen molar-refractivity contribution in [2.75, 3.05) is 6.61 Å². The quantitative estimate of drug-likeness (QED) is 0.486. The van der Waals surface area contributed by atoms with Crippen LogP contribution in [0.5, 0.6) is 5.88 Å². The second-order valence-electron chi connectivity index (χ2n) is 6.47. The van der Waals surface area contributed by atoms with Gasteiger partial charge in [-0.15, -0.1) is 0 Å². The van der Waals surface area contributed by atoms with Crippen LogP contribution in [0.4, 0.5) is 0 Å². The van der Waals surface area contributed by atoms with E-state index in [4.69, 9.17) is 17.0 Å². The van der Waals surface area contributed by atoms with Crippen LogP contribution in [0.3, 0.4) is 0 Å². The molecule has 0 aliphatic carbocycles. The first-order valence-corrected chi connectivity index (χ1v) is 9.57. The minimum absolute atomic E-state index is 0.0511. The van der Waals surface area contributed by atoms with Crippen LogP contribution >= 0.6 is 12.2 Å². The molecule has 0 saturated carbocycles. The summed E-state index contributed by atoms with van der Waals surface area (Å²) in [6, 6.07) is 11.8. The lowest BCUT2D eigenvalue weighted by Gasteiger charge is -2.08. The summed E-state index contributed by atoms with van der Waals surface area (Å²) in [6.45, 7) is 4.62. The number of aryl methyl sites for hydroxylation is 2. The standard InChI is InChI=1S/C21H23N3O3S/c1-3-27-19(25)13-18-20(26)24(17-5-4-11-22-14-17)21(28)23(18)12-10-16-8-6-15(2)7-9-16/h4-9,11,14,26H,3,10,12-13H2,1-2H3. The topological polar surface area (TPSA) is 69.3 Å². The van der Waals surface area contributed by atoms with Crippen LogP contribution in [0.15, 0.2) is 48.8 Å². The number of nitrogens with zero attached hydrogens (tertiary/aromatic N) is 3. The zero-order chi connectivity index (χ0) is 20.1. The number of aromatic hydroxyl groups is 1. The van der Waals surface area contributed by atoms with E-state index in [-0.39, 0.29) is 18.9 Å². The van der Waals surface area contributed by atoms with E-state index in [0.717, 1.165) is 12.0 Å². The fourth-order valence-corrected chi connectivity index (χ4v) is 3.44. The Kier molecular flexibility index (Phi) is 6.26. The normalized spacial score (nSPS) is 10.8. The Morgan fingerprint density at radius 3 is 2.64 bits per heavy atom. The van der Waals surface area contributed by atoms with E-state index in [0.29, 0.717) is 22.7 Å². The largest absolute Gasteiger partial charge is 0.493 e. The van der Waals surface area contributed by atoms with Gasteiger partial charge in [0.1, 0.15) is 0 Å². The number of aromatic nitrogens is 3. The van der Waals surface area contributed by atoms with Crippen molar-refractivity contribution in [3.63, 3.8) is 0 Å². The molecular weight excluding hydrogens is 374 g/mol. The molecule has 0 radical (unpaired) electrons. The first-order chi connectivity index (χ1) is 13.5. The highest BCUT2D eigenvalue weighted by Crippen LogP contribution is 2.26. The van der Waals surface area contributed by atoms with Crippen molar-refractivity contribution >= 4 is 18.2 Å². The third kappa shape index (κ3) is 4.31. The highest BCUT2D eigenvalue weighted by atomic mass is 32.1. The summed E-state index contributed by atoms with van der Waals surface area (Å²) >= 11 is 5.62. The van der Waals surface area contributed by atoms with Crippen LogP contribution in [0.2, 0.25) is 0 Å². The number of carbonyl (C=O) groups is 1. The number of rotatable bonds is 7. The molecule has 0 amide bonds. The zero-order valence-corrected chi connectivity index (χ0v) is 16.8.